The van der Waals surface area contributed by atoms with Gasteiger partial charge in [0.2, 0.25) is 0 Å². The van der Waals surface area contributed by atoms with Crippen molar-refractivity contribution in [1.82, 2.24) is 0 Å². The van der Waals surface area contributed by atoms with Gasteiger partial charge in [0.1, 0.15) is 0 Å². The van der Waals surface area contributed by atoms with Crippen LogP contribution in [0.3, 0.4) is 0 Å². The SMILES string of the molecule is C/C=C\C.C1CCC2CCCCC2C1.C1CCCCCCC1. The second-order valence-corrected chi connectivity index (χ2v) is 7.58. The van der Waals surface area contributed by atoms with E-state index in [1.54, 1.807) is 25.7 Å². The van der Waals surface area contributed by atoms with Gasteiger partial charge >= 0.3 is 0 Å². The van der Waals surface area contributed by atoms with E-state index in [2.05, 4.69) is 0 Å². The summed E-state index contributed by atoms with van der Waals surface area (Å²) >= 11 is 0. The Morgan fingerprint density at radius 3 is 0.818 bits per heavy atom. The summed E-state index contributed by atoms with van der Waals surface area (Å²) < 4.78 is 0. The zero-order chi connectivity index (χ0) is 15.9. The van der Waals surface area contributed by atoms with Crippen molar-refractivity contribution < 1.29 is 0 Å². The fourth-order valence-corrected chi connectivity index (χ4v) is 4.27. The molecule has 0 amide bonds. The molecule has 0 nitrogen and oxygen atoms in total. The molecule has 0 saturated heterocycles. The summed E-state index contributed by atoms with van der Waals surface area (Å²) in [4.78, 5) is 0. The van der Waals surface area contributed by atoms with E-state index >= 15 is 0 Å². The summed E-state index contributed by atoms with van der Waals surface area (Å²) in [5.74, 6) is 2.31. The molecule has 22 heavy (non-hydrogen) atoms. The third-order valence-corrected chi connectivity index (χ3v) is 5.80. The first-order chi connectivity index (χ1) is 10.9. The predicted octanol–water partition coefficient (Wildman–Crippen LogP) is 8.07. The fraction of sp³-hybridized carbons (Fsp3) is 0.909. The second kappa shape index (κ2) is 14.3. The maximum atomic E-state index is 2.00. The molecule has 0 N–H and O–H groups in total. The molecular weight excluding hydrogens is 264 g/mol. The Kier molecular flexibility index (Phi) is 12.9. The molecule has 3 rings (SSSR count). The molecule has 3 aliphatic rings. The zero-order valence-corrected chi connectivity index (χ0v) is 15.6. The molecule has 0 atom stereocenters. The van der Waals surface area contributed by atoms with Crippen molar-refractivity contribution in [2.75, 3.05) is 0 Å². The average Bonchev–Trinajstić information content (AvgIpc) is 2.55. The van der Waals surface area contributed by atoms with Gasteiger partial charge in [-0.05, 0) is 25.7 Å². The highest BCUT2D eigenvalue weighted by Crippen LogP contribution is 2.39. The third kappa shape index (κ3) is 9.70. The summed E-state index contributed by atoms with van der Waals surface area (Å²) in [6, 6.07) is 0. The summed E-state index contributed by atoms with van der Waals surface area (Å²) in [7, 11) is 0. The van der Waals surface area contributed by atoms with E-state index in [-0.39, 0.29) is 0 Å². The van der Waals surface area contributed by atoms with Crippen molar-refractivity contribution in [3.8, 4) is 0 Å². The fourth-order valence-electron chi connectivity index (χ4n) is 4.27. The molecular formula is C22H42. The summed E-state index contributed by atoms with van der Waals surface area (Å²) in [6.07, 6.45) is 28.4. The molecule has 3 saturated carbocycles. The molecule has 0 aromatic heterocycles. The van der Waals surface area contributed by atoms with Gasteiger partial charge in [-0.3, -0.25) is 0 Å². The summed E-state index contributed by atoms with van der Waals surface area (Å²) in [6.45, 7) is 4.00. The van der Waals surface area contributed by atoms with Crippen LogP contribution in [0.1, 0.15) is 117 Å². The summed E-state index contributed by atoms with van der Waals surface area (Å²) in [5, 5.41) is 0. The second-order valence-electron chi connectivity index (χ2n) is 7.58. The Bertz CT molecular complexity index is 199. The average molecular weight is 307 g/mol. The minimum Gasteiger partial charge on any atom is -0.0919 e. The van der Waals surface area contributed by atoms with Gasteiger partial charge in [-0.25, -0.2) is 0 Å². The van der Waals surface area contributed by atoms with E-state index < -0.39 is 0 Å². The minimum absolute atomic E-state index is 1.16. The van der Waals surface area contributed by atoms with Crippen LogP contribution >= 0.6 is 0 Å². The van der Waals surface area contributed by atoms with Crippen LogP contribution < -0.4 is 0 Å². The lowest BCUT2D eigenvalue weighted by Gasteiger charge is -2.35. The van der Waals surface area contributed by atoms with Crippen molar-refractivity contribution >= 4 is 0 Å². The Morgan fingerprint density at radius 1 is 0.409 bits per heavy atom. The monoisotopic (exact) mass is 306 g/mol. The van der Waals surface area contributed by atoms with Crippen molar-refractivity contribution in [2.45, 2.75) is 117 Å². The molecule has 0 heteroatoms. The summed E-state index contributed by atoms with van der Waals surface area (Å²) in [5.41, 5.74) is 0. The van der Waals surface area contributed by atoms with Gasteiger partial charge in [0.05, 0.1) is 0 Å². The highest BCUT2D eigenvalue weighted by atomic mass is 14.3. The van der Waals surface area contributed by atoms with E-state index in [4.69, 9.17) is 0 Å². The van der Waals surface area contributed by atoms with Gasteiger partial charge in [0, 0.05) is 0 Å². The number of fused-ring (bicyclic) bond motifs is 1. The quantitative estimate of drug-likeness (QED) is 0.397. The van der Waals surface area contributed by atoms with Crippen LogP contribution in [0.25, 0.3) is 0 Å². The van der Waals surface area contributed by atoms with Crippen LogP contribution in [-0.2, 0) is 0 Å². The van der Waals surface area contributed by atoms with Crippen molar-refractivity contribution in [1.29, 1.82) is 0 Å². The lowest BCUT2D eigenvalue weighted by atomic mass is 9.71. The number of hydrogen-bond acceptors (Lipinski definition) is 0. The largest absolute Gasteiger partial charge is 0.0919 e. The first-order valence-electron chi connectivity index (χ1n) is 10.5. The topological polar surface area (TPSA) is 0 Å². The smallest absolute Gasteiger partial charge is 0.0386 e. The van der Waals surface area contributed by atoms with Crippen LogP contribution in [0.5, 0.6) is 0 Å². The van der Waals surface area contributed by atoms with Gasteiger partial charge in [-0.2, -0.15) is 0 Å². The lowest BCUT2D eigenvalue weighted by Crippen LogP contribution is -2.22. The van der Waals surface area contributed by atoms with E-state index in [1.165, 1.54) is 77.0 Å². The van der Waals surface area contributed by atoms with Gasteiger partial charge in [-0.1, -0.05) is 115 Å². The number of allylic oxidation sites excluding steroid dienone is 2. The third-order valence-electron chi connectivity index (χ3n) is 5.80. The van der Waals surface area contributed by atoms with Crippen LogP contribution in [0.4, 0.5) is 0 Å². The minimum atomic E-state index is 1.16. The van der Waals surface area contributed by atoms with Gasteiger partial charge in [0.25, 0.3) is 0 Å². The molecule has 0 aromatic rings. The van der Waals surface area contributed by atoms with E-state index in [0.717, 1.165) is 11.8 Å². The molecule has 3 aliphatic carbocycles. The van der Waals surface area contributed by atoms with E-state index in [0.29, 0.717) is 0 Å². The molecule has 130 valence electrons. The van der Waals surface area contributed by atoms with Crippen molar-refractivity contribution in [3.05, 3.63) is 12.2 Å². The Balaban J connectivity index is 0.000000182. The standard InChI is InChI=1S/C10H18.C8H16.C4H8/c1-2-6-10-8-4-3-7-9(10)5-1;1-2-4-6-8-7-5-3-1;1-3-4-2/h9-10H,1-8H2;1-8H2;3-4H,1-2H3/b;;4-3-. The molecule has 0 aromatic carbocycles. The van der Waals surface area contributed by atoms with Crippen molar-refractivity contribution in [2.24, 2.45) is 11.8 Å². The van der Waals surface area contributed by atoms with Crippen LogP contribution in [-0.4, -0.2) is 0 Å². The molecule has 0 unspecified atom stereocenters. The zero-order valence-electron chi connectivity index (χ0n) is 15.6. The highest BCUT2D eigenvalue weighted by Gasteiger charge is 2.26. The number of hydrogen-bond donors (Lipinski definition) is 0. The van der Waals surface area contributed by atoms with Crippen LogP contribution in [0, 0.1) is 11.8 Å². The Morgan fingerprint density at radius 2 is 0.636 bits per heavy atom. The molecule has 3 fully saturated rings. The molecule has 0 aliphatic heterocycles. The van der Waals surface area contributed by atoms with Crippen molar-refractivity contribution in [3.63, 3.8) is 0 Å². The predicted molar refractivity (Wildman–Crippen MR) is 101 cm³/mol. The first-order valence-corrected chi connectivity index (χ1v) is 10.5. The molecule has 0 radical (unpaired) electrons. The van der Waals surface area contributed by atoms with Crippen LogP contribution in [0.2, 0.25) is 0 Å². The van der Waals surface area contributed by atoms with Gasteiger partial charge in [0.15, 0.2) is 0 Å². The molecule has 0 spiro atoms. The van der Waals surface area contributed by atoms with Gasteiger partial charge in [-0.15, -0.1) is 0 Å². The van der Waals surface area contributed by atoms with E-state index in [1.807, 2.05) is 26.0 Å². The Labute approximate surface area is 141 Å². The maximum Gasteiger partial charge on any atom is -0.0386 e. The lowest BCUT2D eigenvalue weighted by molar-refractivity contribution is 0.171. The van der Waals surface area contributed by atoms with E-state index in [9.17, 15) is 0 Å². The normalized spacial score (nSPS) is 29.0. The number of rotatable bonds is 0. The van der Waals surface area contributed by atoms with Crippen LogP contribution in [0.15, 0.2) is 12.2 Å². The molecule has 0 bridgehead atoms. The highest BCUT2D eigenvalue weighted by molar-refractivity contribution is 4.78. The Hall–Kier alpha value is -0.260. The molecule has 0 heterocycles. The maximum absolute atomic E-state index is 2.00. The van der Waals surface area contributed by atoms with Gasteiger partial charge < -0.3 is 0 Å². The first kappa shape index (κ1) is 19.8.